The molecule has 0 bridgehead atoms. The standard InChI is InChI=1S/C11H22OS/c1-5-10(7-6-8-12)9-13-11(2,3)4/h8,10H,5-7,9H2,1-4H3. The van der Waals surface area contributed by atoms with Crippen molar-refractivity contribution in [2.45, 2.75) is 51.7 Å². The first-order valence-electron chi connectivity index (χ1n) is 5.07. The second-order valence-electron chi connectivity index (χ2n) is 4.44. The van der Waals surface area contributed by atoms with Crippen LogP contribution in [-0.4, -0.2) is 16.8 Å². The Morgan fingerprint density at radius 2 is 2.00 bits per heavy atom. The molecule has 1 unspecified atom stereocenters. The fraction of sp³-hybridized carbons (Fsp3) is 0.909. The van der Waals surface area contributed by atoms with Crippen LogP contribution in [0.4, 0.5) is 0 Å². The van der Waals surface area contributed by atoms with Crippen molar-refractivity contribution in [1.29, 1.82) is 0 Å². The van der Waals surface area contributed by atoms with E-state index in [9.17, 15) is 4.79 Å². The van der Waals surface area contributed by atoms with Crippen LogP contribution >= 0.6 is 11.8 Å². The first-order valence-corrected chi connectivity index (χ1v) is 6.05. The van der Waals surface area contributed by atoms with Crippen LogP contribution in [-0.2, 0) is 4.79 Å². The second kappa shape index (κ2) is 6.47. The van der Waals surface area contributed by atoms with E-state index >= 15 is 0 Å². The highest BCUT2D eigenvalue weighted by Crippen LogP contribution is 2.27. The number of aldehydes is 1. The van der Waals surface area contributed by atoms with Crippen molar-refractivity contribution in [3.8, 4) is 0 Å². The van der Waals surface area contributed by atoms with Crippen LogP contribution in [0.1, 0.15) is 47.0 Å². The molecule has 0 rings (SSSR count). The molecule has 0 saturated carbocycles. The molecule has 0 N–H and O–H groups in total. The highest BCUT2D eigenvalue weighted by atomic mass is 32.2. The molecule has 1 nitrogen and oxygen atoms in total. The van der Waals surface area contributed by atoms with Crippen LogP contribution in [0.25, 0.3) is 0 Å². The summed E-state index contributed by atoms with van der Waals surface area (Å²) in [6.45, 7) is 8.93. The Balaban J connectivity index is 3.65. The Morgan fingerprint density at radius 3 is 2.38 bits per heavy atom. The molecule has 13 heavy (non-hydrogen) atoms. The molecule has 0 saturated heterocycles. The average Bonchev–Trinajstić information content (AvgIpc) is 2.03. The molecule has 0 aliphatic carbocycles. The van der Waals surface area contributed by atoms with Crippen molar-refractivity contribution in [2.75, 3.05) is 5.75 Å². The van der Waals surface area contributed by atoms with Gasteiger partial charge in [0.1, 0.15) is 6.29 Å². The summed E-state index contributed by atoms with van der Waals surface area (Å²) in [6, 6.07) is 0. The van der Waals surface area contributed by atoms with Crippen molar-refractivity contribution in [3.63, 3.8) is 0 Å². The topological polar surface area (TPSA) is 17.1 Å². The van der Waals surface area contributed by atoms with Crippen molar-refractivity contribution >= 4 is 18.0 Å². The molecule has 0 amide bonds. The Kier molecular flexibility index (Phi) is 6.48. The second-order valence-corrected chi connectivity index (χ2v) is 6.29. The molecule has 0 aromatic carbocycles. The highest BCUT2D eigenvalue weighted by molar-refractivity contribution is 8.00. The quantitative estimate of drug-likeness (QED) is 0.613. The van der Waals surface area contributed by atoms with E-state index in [2.05, 4.69) is 27.7 Å². The number of rotatable bonds is 6. The summed E-state index contributed by atoms with van der Waals surface area (Å²) in [5, 5.41) is 0. The lowest BCUT2D eigenvalue weighted by molar-refractivity contribution is -0.108. The minimum Gasteiger partial charge on any atom is -0.303 e. The molecule has 0 radical (unpaired) electrons. The zero-order valence-corrected chi connectivity index (χ0v) is 10.1. The molecule has 78 valence electrons. The van der Waals surface area contributed by atoms with Crippen LogP contribution in [0.15, 0.2) is 0 Å². The first kappa shape index (κ1) is 13.0. The highest BCUT2D eigenvalue weighted by Gasteiger charge is 2.14. The van der Waals surface area contributed by atoms with Gasteiger partial charge in [-0.2, -0.15) is 11.8 Å². The maximum atomic E-state index is 10.2. The maximum absolute atomic E-state index is 10.2. The van der Waals surface area contributed by atoms with Crippen LogP contribution in [0.5, 0.6) is 0 Å². The van der Waals surface area contributed by atoms with E-state index in [4.69, 9.17) is 0 Å². The minimum absolute atomic E-state index is 0.356. The monoisotopic (exact) mass is 202 g/mol. The van der Waals surface area contributed by atoms with E-state index in [1.807, 2.05) is 11.8 Å². The van der Waals surface area contributed by atoms with Gasteiger partial charge in [-0.05, 0) is 18.1 Å². The zero-order chi connectivity index (χ0) is 10.3. The van der Waals surface area contributed by atoms with Gasteiger partial charge in [0, 0.05) is 11.2 Å². The molecule has 0 aromatic heterocycles. The predicted molar refractivity (Wildman–Crippen MR) is 61.3 cm³/mol. The van der Waals surface area contributed by atoms with Gasteiger partial charge >= 0.3 is 0 Å². The minimum atomic E-state index is 0.356. The summed E-state index contributed by atoms with van der Waals surface area (Å²) in [5.41, 5.74) is 0. The molecular weight excluding hydrogens is 180 g/mol. The summed E-state index contributed by atoms with van der Waals surface area (Å²) < 4.78 is 0.356. The van der Waals surface area contributed by atoms with Gasteiger partial charge < -0.3 is 4.79 Å². The van der Waals surface area contributed by atoms with Crippen molar-refractivity contribution < 1.29 is 4.79 Å². The van der Waals surface area contributed by atoms with Crippen molar-refractivity contribution in [2.24, 2.45) is 5.92 Å². The van der Waals surface area contributed by atoms with Crippen LogP contribution in [0, 0.1) is 5.92 Å². The van der Waals surface area contributed by atoms with Crippen LogP contribution in [0.3, 0.4) is 0 Å². The summed E-state index contributed by atoms with van der Waals surface area (Å²) >= 11 is 2.00. The molecule has 0 aliphatic heterocycles. The largest absolute Gasteiger partial charge is 0.303 e. The third-order valence-corrected chi connectivity index (χ3v) is 3.53. The lowest BCUT2D eigenvalue weighted by Gasteiger charge is -2.21. The fourth-order valence-corrected chi connectivity index (χ4v) is 2.21. The molecule has 0 aliphatic rings. The van der Waals surface area contributed by atoms with Gasteiger partial charge in [0.25, 0.3) is 0 Å². The third kappa shape index (κ3) is 8.35. The third-order valence-electron chi connectivity index (χ3n) is 2.02. The van der Waals surface area contributed by atoms with Gasteiger partial charge in [0.2, 0.25) is 0 Å². The first-order chi connectivity index (χ1) is 5.99. The van der Waals surface area contributed by atoms with E-state index in [0.717, 1.165) is 25.0 Å². The zero-order valence-electron chi connectivity index (χ0n) is 9.30. The normalized spacial score (nSPS) is 14.2. The van der Waals surface area contributed by atoms with Gasteiger partial charge in [-0.15, -0.1) is 0 Å². The van der Waals surface area contributed by atoms with E-state index in [1.165, 1.54) is 12.2 Å². The van der Waals surface area contributed by atoms with Gasteiger partial charge in [0.15, 0.2) is 0 Å². The smallest absolute Gasteiger partial charge is 0.120 e. The van der Waals surface area contributed by atoms with E-state index in [-0.39, 0.29) is 0 Å². The molecule has 0 heterocycles. The van der Waals surface area contributed by atoms with E-state index in [1.54, 1.807) is 0 Å². The number of thioether (sulfide) groups is 1. The van der Waals surface area contributed by atoms with Gasteiger partial charge in [-0.1, -0.05) is 34.1 Å². The van der Waals surface area contributed by atoms with Crippen LogP contribution < -0.4 is 0 Å². The summed E-state index contributed by atoms with van der Waals surface area (Å²) in [4.78, 5) is 10.2. The number of carbonyl (C=O) groups is 1. The fourth-order valence-electron chi connectivity index (χ4n) is 1.08. The number of carbonyl (C=O) groups excluding carboxylic acids is 1. The Bertz CT molecular complexity index is 138. The SMILES string of the molecule is CCC(CCC=O)CSC(C)(C)C. The molecule has 2 heteroatoms. The molecule has 1 atom stereocenters. The van der Waals surface area contributed by atoms with E-state index in [0.29, 0.717) is 4.75 Å². The maximum Gasteiger partial charge on any atom is 0.120 e. The Labute approximate surface area is 86.7 Å². The van der Waals surface area contributed by atoms with Crippen molar-refractivity contribution in [3.05, 3.63) is 0 Å². The van der Waals surface area contributed by atoms with Crippen LogP contribution in [0.2, 0.25) is 0 Å². The molecule has 0 spiro atoms. The predicted octanol–water partition coefficient (Wildman–Crippen LogP) is 3.52. The summed E-state index contributed by atoms with van der Waals surface area (Å²) in [7, 11) is 0. The summed E-state index contributed by atoms with van der Waals surface area (Å²) in [5.74, 6) is 1.91. The average molecular weight is 202 g/mol. The Hall–Kier alpha value is 0.0200. The number of hydrogen-bond acceptors (Lipinski definition) is 2. The molecule has 0 aromatic rings. The molecule has 0 fully saturated rings. The summed E-state index contributed by atoms with van der Waals surface area (Å²) in [6.07, 6.45) is 4.01. The van der Waals surface area contributed by atoms with Gasteiger partial charge in [-0.25, -0.2) is 0 Å². The lowest BCUT2D eigenvalue weighted by Crippen LogP contribution is -2.13. The Morgan fingerprint density at radius 1 is 1.38 bits per heavy atom. The number of hydrogen-bond donors (Lipinski definition) is 0. The lowest BCUT2D eigenvalue weighted by atomic mass is 10.0. The molecular formula is C11H22OS. The van der Waals surface area contributed by atoms with E-state index < -0.39 is 0 Å². The van der Waals surface area contributed by atoms with Crippen molar-refractivity contribution in [1.82, 2.24) is 0 Å². The van der Waals surface area contributed by atoms with Gasteiger partial charge in [-0.3, -0.25) is 0 Å². The van der Waals surface area contributed by atoms with Gasteiger partial charge in [0.05, 0.1) is 0 Å².